The average molecular weight is 503 g/mol. The zero-order valence-electron chi connectivity index (χ0n) is 18.0. The van der Waals surface area contributed by atoms with Crippen LogP contribution in [0.15, 0.2) is 46.9 Å². The van der Waals surface area contributed by atoms with Gasteiger partial charge in [0.05, 0.1) is 23.4 Å². The molecule has 0 aliphatic carbocycles. The van der Waals surface area contributed by atoms with E-state index in [1.165, 1.54) is 16.9 Å². The lowest BCUT2D eigenvalue weighted by atomic mass is 10.1. The number of carbonyl (C=O) groups excluding carboxylic acids is 1. The summed E-state index contributed by atoms with van der Waals surface area (Å²) < 4.78 is 12.2. The number of nitrogens with zero attached hydrogens (tertiary/aromatic N) is 1. The number of aryl methyl sites for hydroxylation is 2. The average Bonchev–Trinajstić information content (AvgIpc) is 3.12. The maximum absolute atomic E-state index is 12.3. The van der Waals surface area contributed by atoms with Crippen molar-refractivity contribution < 1.29 is 14.3 Å². The normalized spacial score (nSPS) is 10.7. The largest absolute Gasteiger partial charge is 0.494 e. The highest BCUT2D eigenvalue weighted by Gasteiger charge is 2.12. The summed E-state index contributed by atoms with van der Waals surface area (Å²) >= 11 is 5.02. The van der Waals surface area contributed by atoms with Gasteiger partial charge in [-0.1, -0.05) is 13.0 Å². The van der Waals surface area contributed by atoms with E-state index in [2.05, 4.69) is 45.3 Å². The quantitative estimate of drug-likeness (QED) is 0.315. The summed E-state index contributed by atoms with van der Waals surface area (Å²) in [5, 5.41) is 3.52. The summed E-state index contributed by atoms with van der Waals surface area (Å²) in [5.74, 6) is 1.58. The van der Waals surface area contributed by atoms with Crippen molar-refractivity contribution in [1.82, 2.24) is 4.98 Å². The topological polar surface area (TPSA) is 60.5 Å². The Morgan fingerprint density at radius 1 is 1.13 bits per heavy atom. The van der Waals surface area contributed by atoms with Gasteiger partial charge in [0.15, 0.2) is 5.13 Å². The second-order valence-electron chi connectivity index (χ2n) is 7.00. The first kappa shape index (κ1) is 23.3. The summed E-state index contributed by atoms with van der Waals surface area (Å²) in [6.45, 7) is 7.20. The predicted octanol–water partition coefficient (Wildman–Crippen LogP) is 6.64. The zero-order chi connectivity index (χ0) is 22.2. The van der Waals surface area contributed by atoms with E-state index in [1.54, 1.807) is 0 Å². The lowest BCUT2D eigenvalue weighted by molar-refractivity contribution is -0.116. The van der Waals surface area contributed by atoms with Crippen molar-refractivity contribution in [3.63, 3.8) is 0 Å². The smallest absolute Gasteiger partial charge is 0.226 e. The standard InChI is InChI=1S/C24H27BrN2O3S/c1-4-17-8-13-21(20(25)15-17)30-14-6-7-22(28)26-24-27-23(16(3)31-24)18-9-11-19(12-10-18)29-5-2/h8-13,15H,4-7,14H2,1-3H3,(H,26,27,28). The molecule has 0 unspecified atom stereocenters. The van der Waals surface area contributed by atoms with Crippen LogP contribution in [0.3, 0.4) is 0 Å². The van der Waals surface area contributed by atoms with Crippen LogP contribution in [0.2, 0.25) is 0 Å². The van der Waals surface area contributed by atoms with Crippen LogP contribution in [-0.2, 0) is 11.2 Å². The van der Waals surface area contributed by atoms with E-state index in [9.17, 15) is 4.79 Å². The Labute approximate surface area is 195 Å². The third-order valence-electron chi connectivity index (χ3n) is 4.69. The Bertz CT molecular complexity index is 1020. The highest BCUT2D eigenvalue weighted by molar-refractivity contribution is 9.10. The van der Waals surface area contributed by atoms with Gasteiger partial charge < -0.3 is 14.8 Å². The minimum absolute atomic E-state index is 0.0593. The molecule has 0 radical (unpaired) electrons. The van der Waals surface area contributed by atoms with E-state index >= 15 is 0 Å². The summed E-state index contributed by atoms with van der Waals surface area (Å²) in [4.78, 5) is 18.0. The summed E-state index contributed by atoms with van der Waals surface area (Å²) in [7, 11) is 0. The molecule has 1 aromatic heterocycles. The van der Waals surface area contributed by atoms with Crippen LogP contribution in [-0.4, -0.2) is 24.1 Å². The Kier molecular flexibility index (Phi) is 8.49. The molecule has 0 spiro atoms. The van der Waals surface area contributed by atoms with Crippen LogP contribution in [0, 0.1) is 6.92 Å². The Morgan fingerprint density at radius 2 is 1.90 bits per heavy atom. The van der Waals surface area contributed by atoms with E-state index in [0.29, 0.717) is 31.2 Å². The van der Waals surface area contributed by atoms with Crippen molar-refractivity contribution in [2.75, 3.05) is 18.5 Å². The van der Waals surface area contributed by atoms with Crippen LogP contribution in [0.25, 0.3) is 11.3 Å². The molecular weight excluding hydrogens is 476 g/mol. The zero-order valence-corrected chi connectivity index (χ0v) is 20.4. The number of thiazole rings is 1. The number of benzene rings is 2. The van der Waals surface area contributed by atoms with Crippen LogP contribution >= 0.6 is 27.3 Å². The van der Waals surface area contributed by atoms with Crippen molar-refractivity contribution in [3.8, 4) is 22.8 Å². The first-order valence-corrected chi connectivity index (χ1v) is 12.0. The molecule has 0 saturated heterocycles. The number of hydrogen-bond acceptors (Lipinski definition) is 5. The van der Waals surface area contributed by atoms with Gasteiger partial charge in [-0.3, -0.25) is 4.79 Å². The molecule has 7 heteroatoms. The van der Waals surface area contributed by atoms with Crippen LogP contribution in [0.5, 0.6) is 11.5 Å². The fraction of sp³-hybridized carbons (Fsp3) is 0.333. The highest BCUT2D eigenvalue weighted by atomic mass is 79.9. The van der Waals surface area contributed by atoms with E-state index in [-0.39, 0.29) is 5.91 Å². The van der Waals surface area contributed by atoms with Crippen molar-refractivity contribution in [1.29, 1.82) is 0 Å². The van der Waals surface area contributed by atoms with E-state index < -0.39 is 0 Å². The molecule has 0 fully saturated rings. The van der Waals surface area contributed by atoms with Gasteiger partial charge in [-0.2, -0.15) is 0 Å². The lowest BCUT2D eigenvalue weighted by Crippen LogP contribution is -2.12. The summed E-state index contributed by atoms with van der Waals surface area (Å²) in [6, 6.07) is 13.9. The van der Waals surface area contributed by atoms with Gasteiger partial charge in [0.2, 0.25) is 5.91 Å². The number of anilines is 1. The van der Waals surface area contributed by atoms with Gasteiger partial charge >= 0.3 is 0 Å². The van der Waals surface area contributed by atoms with E-state index in [4.69, 9.17) is 9.47 Å². The molecule has 31 heavy (non-hydrogen) atoms. The molecule has 3 aromatic rings. The fourth-order valence-electron chi connectivity index (χ4n) is 3.07. The number of hydrogen-bond donors (Lipinski definition) is 1. The van der Waals surface area contributed by atoms with Gasteiger partial charge in [-0.15, -0.1) is 11.3 Å². The minimum Gasteiger partial charge on any atom is -0.494 e. The summed E-state index contributed by atoms with van der Waals surface area (Å²) in [5.41, 5.74) is 3.14. The van der Waals surface area contributed by atoms with Crippen molar-refractivity contribution in [3.05, 3.63) is 57.4 Å². The third kappa shape index (κ3) is 6.55. The Balaban J connectivity index is 1.49. The fourth-order valence-corrected chi connectivity index (χ4v) is 4.46. The van der Waals surface area contributed by atoms with E-state index in [0.717, 1.165) is 38.5 Å². The van der Waals surface area contributed by atoms with Gasteiger partial charge in [0, 0.05) is 16.9 Å². The Hall–Kier alpha value is -2.38. The number of halogens is 1. The molecule has 0 aliphatic rings. The first-order valence-electron chi connectivity index (χ1n) is 10.4. The van der Waals surface area contributed by atoms with E-state index in [1.807, 2.05) is 44.2 Å². The second kappa shape index (κ2) is 11.3. The maximum atomic E-state index is 12.3. The van der Waals surface area contributed by atoms with Gasteiger partial charge in [0.1, 0.15) is 11.5 Å². The number of aromatic nitrogens is 1. The van der Waals surface area contributed by atoms with Crippen LogP contribution in [0.1, 0.15) is 37.1 Å². The molecule has 0 atom stereocenters. The first-order chi connectivity index (χ1) is 15.0. The predicted molar refractivity (Wildman–Crippen MR) is 130 cm³/mol. The molecule has 164 valence electrons. The molecule has 2 aromatic carbocycles. The summed E-state index contributed by atoms with van der Waals surface area (Å²) in [6.07, 6.45) is 1.99. The van der Waals surface area contributed by atoms with Crippen LogP contribution in [0.4, 0.5) is 5.13 Å². The highest BCUT2D eigenvalue weighted by Crippen LogP contribution is 2.31. The molecule has 1 heterocycles. The van der Waals surface area contributed by atoms with Crippen LogP contribution < -0.4 is 14.8 Å². The number of amides is 1. The molecule has 0 saturated carbocycles. The SMILES string of the molecule is CCOc1ccc(-c2nc(NC(=O)CCCOc3ccc(CC)cc3Br)sc2C)cc1. The molecule has 1 amide bonds. The molecule has 3 rings (SSSR count). The molecule has 5 nitrogen and oxygen atoms in total. The number of nitrogens with one attached hydrogen (secondary N) is 1. The monoisotopic (exact) mass is 502 g/mol. The molecule has 0 aliphatic heterocycles. The van der Waals surface area contributed by atoms with Gasteiger partial charge in [-0.05, 0) is 84.6 Å². The van der Waals surface area contributed by atoms with Crippen molar-refractivity contribution >= 4 is 38.3 Å². The van der Waals surface area contributed by atoms with Gasteiger partial charge in [-0.25, -0.2) is 4.98 Å². The Morgan fingerprint density at radius 3 is 2.58 bits per heavy atom. The van der Waals surface area contributed by atoms with Crippen molar-refractivity contribution in [2.24, 2.45) is 0 Å². The molecule has 1 N–H and O–H groups in total. The third-order valence-corrected chi connectivity index (χ3v) is 6.20. The number of ether oxygens (including phenoxy) is 2. The molecular formula is C24H27BrN2O3S. The lowest BCUT2D eigenvalue weighted by Gasteiger charge is -2.09. The second-order valence-corrected chi connectivity index (χ2v) is 9.06. The number of carbonyl (C=O) groups is 1. The van der Waals surface area contributed by atoms with Gasteiger partial charge in [0.25, 0.3) is 0 Å². The minimum atomic E-state index is -0.0593. The molecule has 0 bridgehead atoms. The number of rotatable bonds is 10. The van der Waals surface area contributed by atoms with Crippen molar-refractivity contribution in [2.45, 2.75) is 40.0 Å². The maximum Gasteiger partial charge on any atom is 0.226 e.